The SMILES string of the molecule is Cc1ccc2c(c1)C1(CCN(C/C=C/c3ccc(Cl)c(Cl)c3)CC1)CN2C(=O)c1ccnc(F)c1.Cc1ccc2c(c1)C1(CCN(C/C=C/c3ccc(Cl)cc3Cl)CC1)CN2C(=O)c1ccnc(Cl)c1.O=C(c1ccnc(Cl)c1)N1CC2(CCN(C/C=C/c3cccc(F)c3)CC2)c2cc(F)ccc21. The first-order chi connectivity index (χ1) is 50.1. The van der Waals surface area contributed by atoms with Crippen LogP contribution in [0.1, 0.15) is 114 Å². The molecule has 3 fully saturated rings. The topological polar surface area (TPSA) is 109 Å². The normalized spacial score (nSPS) is 17.4. The van der Waals surface area contributed by atoms with Gasteiger partial charge >= 0.3 is 0 Å². The van der Waals surface area contributed by atoms with Gasteiger partial charge in [0.25, 0.3) is 17.7 Å². The van der Waals surface area contributed by atoms with E-state index in [1.165, 1.54) is 58.9 Å². The third kappa shape index (κ3) is 16.7. The van der Waals surface area contributed by atoms with E-state index in [1.807, 2.05) is 64.4 Å². The summed E-state index contributed by atoms with van der Waals surface area (Å²) in [5, 5.41) is 3.00. The summed E-state index contributed by atoms with van der Waals surface area (Å²) >= 11 is 36.5. The molecule has 0 radical (unpaired) electrons. The van der Waals surface area contributed by atoms with Crippen LogP contribution in [0.2, 0.25) is 30.4 Å². The van der Waals surface area contributed by atoms with Gasteiger partial charge in [0.1, 0.15) is 21.9 Å². The molecule has 534 valence electrons. The Kier molecular flexibility index (Phi) is 23.0. The number of likely N-dealkylation sites (tertiary alicyclic amines) is 3. The second kappa shape index (κ2) is 32.3. The van der Waals surface area contributed by atoms with Crippen molar-refractivity contribution in [1.29, 1.82) is 0 Å². The van der Waals surface area contributed by atoms with Crippen LogP contribution in [-0.2, 0) is 16.2 Å². The maximum Gasteiger partial charge on any atom is 0.258 e. The second-order valence-corrected chi connectivity index (χ2v) is 30.3. The lowest BCUT2D eigenvalue weighted by Crippen LogP contribution is -2.46. The highest BCUT2D eigenvalue weighted by Crippen LogP contribution is 2.51. The van der Waals surface area contributed by atoms with Crippen LogP contribution in [0.5, 0.6) is 0 Å². The van der Waals surface area contributed by atoms with Crippen LogP contribution in [0.3, 0.4) is 0 Å². The second-order valence-electron chi connectivity index (χ2n) is 27.8. The van der Waals surface area contributed by atoms with Crippen molar-refractivity contribution >= 4 is 123 Å². The number of anilines is 3. The number of halogens is 9. The van der Waals surface area contributed by atoms with Crippen LogP contribution in [-0.4, -0.2) is 126 Å². The number of aromatic nitrogens is 3. The van der Waals surface area contributed by atoms with E-state index in [9.17, 15) is 27.6 Å². The zero-order valence-corrected chi connectivity index (χ0v) is 62.0. The number of carbonyl (C=O) groups excluding carboxylic acids is 3. The Labute approximate surface area is 634 Å². The molecule has 6 aliphatic heterocycles. The van der Waals surface area contributed by atoms with Crippen LogP contribution in [0.15, 0.2) is 188 Å². The number of aryl methyl sites for hydroxylation is 2. The number of fused-ring (bicyclic) bond motifs is 6. The smallest absolute Gasteiger partial charge is 0.258 e. The van der Waals surface area contributed by atoms with E-state index >= 15 is 0 Å². The molecule has 3 spiro atoms. The zero-order chi connectivity index (χ0) is 72.9. The van der Waals surface area contributed by atoms with E-state index in [0.717, 1.165) is 137 Å². The number of hydrogen-bond acceptors (Lipinski definition) is 9. The Morgan fingerprint density at radius 1 is 0.413 bits per heavy atom. The van der Waals surface area contributed by atoms with Crippen molar-refractivity contribution in [3.05, 3.63) is 298 Å². The number of hydrogen-bond donors (Lipinski definition) is 0. The summed E-state index contributed by atoms with van der Waals surface area (Å²) in [4.78, 5) is 64.4. The zero-order valence-electron chi connectivity index (χ0n) is 57.5. The number of amides is 3. The van der Waals surface area contributed by atoms with Crippen molar-refractivity contribution < 1.29 is 27.6 Å². The molecule has 9 heterocycles. The molecule has 9 aromatic rings. The van der Waals surface area contributed by atoms with Crippen LogP contribution in [0, 0.1) is 31.4 Å². The first kappa shape index (κ1) is 74.1. The molecule has 3 amide bonds. The third-order valence-corrected chi connectivity index (χ3v) is 22.8. The van der Waals surface area contributed by atoms with Gasteiger partial charge in [-0.3, -0.25) is 29.1 Å². The maximum absolute atomic E-state index is 14.3. The fraction of sp³-hybridized carbons (Fsp3) is 0.277. The standard InChI is InChI=1S/C28H26Cl3N3O.C28H26Cl2FN3O.C27H24ClF2N3O/c1-19-4-7-25-23(15-19)28(18-34(25)27(35)21-8-11-32-26(31)16-21)9-13-33(14-10-28)12-2-3-20-5-6-22(29)17-24(20)30;1-19-4-7-25-22(15-19)28(18-34(25)27(35)21-8-11-32-26(31)17-21)9-13-33(14-10-28)12-2-3-20-5-6-23(29)24(30)16-20;28-25-16-20(8-11-31-25)26(34)33-18-27(23-17-22(30)6-7-24(23)33)9-13-32(14-10-27)12-2-4-19-3-1-5-21(29)15-19/h2*2-8,11,15-17H,9-10,12-14,18H2,1H3;1-8,11,15-17H,9-10,12-14,18H2/b2*3-2+;4-2+. The van der Waals surface area contributed by atoms with Gasteiger partial charge in [0, 0.05) is 124 Å². The average molecular weight is 1520 g/mol. The first-order valence-corrected chi connectivity index (χ1v) is 37.0. The van der Waals surface area contributed by atoms with E-state index in [4.69, 9.17) is 69.6 Å². The number of carbonyl (C=O) groups is 3. The Bertz CT molecular complexity index is 4800. The molecular formula is C83H76Cl6F3N9O3. The van der Waals surface area contributed by atoms with Gasteiger partial charge in [-0.2, -0.15) is 4.39 Å². The van der Waals surface area contributed by atoms with Gasteiger partial charge in [-0.1, -0.05) is 166 Å². The summed E-state index contributed by atoms with van der Waals surface area (Å²) in [6.07, 6.45) is 22.4. The van der Waals surface area contributed by atoms with Crippen molar-refractivity contribution in [2.24, 2.45) is 0 Å². The molecule has 12 nitrogen and oxygen atoms in total. The molecule has 3 saturated heterocycles. The van der Waals surface area contributed by atoms with Crippen LogP contribution < -0.4 is 14.7 Å². The Morgan fingerprint density at radius 3 is 1.30 bits per heavy atom. The molecule has 0 aliphatic carbocycles. The Morgan fingerprint density at radius 2 is 0.846 bits per heavy atom. The van der Waals surface area contributed by atoms with Gasteiger partial charge in [0.05, 0.1) is 10.0 Å². The summed E-state index contributed by atoms with van der Waals surface area (Å²) in [7, 11) is 0. The molecule has 6 aliphatic rings. The molecule has 0 saturated carbocycles. The number of nitrogens with zero attached hydrogens (tertiary/aromatic N) is 9. The van der Waals surface area contributed by atoms with Crippen molar-refractivity contribution in [3.8, 4) is 0 Å². The van der Waals surface area contributed by atoms with E-state index in [2.05, 4.69) is 92.1 Å². The summed E-state index contributed by atoms with van der Waals surface area (Å²) in [6.45, 7) is 13.9. The lowest BCUT2D eigenvalue weighted by molar-refractivity contribution is 0.0970. The molecular weight excluding hydrogens is 1440 g/mol. The van der Waals surface area contributed by atoms with Crippen molar-refractivity contribution in [1.82, 2.24) is 29.7 Å². The minimum absolute atomic E-state index is 0.0264. The molecule has 21 heteroatoms. The molecule has 0 bridgehead atoms. The van der Waals surface area contributed by atoms with Gasteiger partial charge in [-0.15, -0.1) is 0 Å². The lowest BCUT2D eigenvalue weighted by atomic mass is 9.74. The lowest BCUT2D eigenvalue weighted by Gasteiger charge is -2.39. The van der Waals surface area contributed by atoms with E-state index in [-0.39, 0.29) is 50.8 Å². The summed E-state index contributed by atoms with van der Waals surface area (Å²) in [5.74, 6) is -1.55. The molecule has 6 aromatic carbocycles. The molecule has 0 unspecified atom stereocenters. The quantitative estimate of drug-likeness (QED) is 0.110. The summed E-state index contributed by atoms with van der Waals surface area (Å²) in [6, 6.07) is 44.5. The maximum atomic E-state index is 14.3. The number of piperidine rings is 3. The molecule has 15 rings (SSSR count). The Balaban J connectivity index is 0.000000139. The highest BCUT2D eigenvalue weighted by Gasteiger charge is 2.49. The monoisotopic (exact) mass is 1510 g/mol. The molecule has 104 heavy (non-hydrogen) atoms. The van der Waals surface area contributed by atoms with Gasteiger partial charge in [-0.25, -0.2) is 23.7 Å². The van der Waals surface area contributed by atoms with E-state index in [1.54, 1.807) is 71.8 Å². The minimum atomic E-state index is -0.642. The van der Waals surface area contributed by atoms with Gasteiger partial charge in [0.2, 0.25) is 5.95 Å². The number of pyridine rings is 3. The van der Waals surface area contributed by atoms with Crippen molar-refractivity contribution in [2.45, 2.75) is 68.6 Å². The largest absolute Gasteiger partial charge is 0.307 e. The average Bonchev–Trinajstić information content (AvgIpc) is 1.60. The highest BCUT2D eigenvalue weighted by molar-refractivity contribution is 6.42. The fourth-order valence-electron chi connectivity index (χ4n) is 15.5. The summed E-state index contributed by atoms with van der Waals surface area (Å²) in [5.41, 5.74) is 12.3. The molecule has 3 aromatic heterocycles. The van der Waals surface area contributed by atoms with Crippen molar-refractivity contribution in [3.63, 3.8) is 0 Å². The molecule has 0 N–H and O–H groups in total. The highest BCUT2D eigenvalue weighted by atomic mass is 35.5. The van der Waals surface area contributed by atoms with E-state index in [0.29, 0.717) is 61.6 Å². The summed E-state index contributed by atoms with van der Waals surface area (Å²) < 4.78 is 41.3. The first-order valence-electron chi connectivity index (χ1n) is 34.8. The van der Waals surface area contributed by atoms with Gasteiger partial charge in [0.15, 0.2) is 0 Å². The predicted octanol–water partition coefficient (Wildman–Crippen LogP) is 19.3. The van der Waals surface area contributed by atoms with Crippen LogP contribution >= 0.6 is 69.6 Å². The van der Waals surface area contributed by atoms with Crippen LogP contribution in [0.4, 0.5) is 30.2 Å². The van der Waals surface area contributed by atoms with Gasteiger partial charge in [-0.05, 0) is 222 Å². The van der Waals surface area contributed by atoms with E-state index < -0.39 is 5.95 Å². The number of benzene rings is 6. The predicted molar refractivity (Wildman–Crippen MR) is 415 cm³/mol. The number of rotatable bonds is 12. The third-order valence-electron chi connectivity index (χ3n) is 21.1. The fourth-order valence-corrected chi connectivity index (χ4v) is 16.6. The van der Waals surface area contributed by atoms with Crippen LogP contribution in [0.25, 0.3) is 18.2 Å². The Hall–Kier alpha value is -8.19. The minimum Gasteiger partial charge on any atom is -0.307 e. The van der Waals surface area contributed by atoms with Gasteiger partial charge < -0.3 is 14.7 Å². The van der Waals surface area contributed by atoms with Crippen molar-refractivity contribution in [2.75, 3.05) is 93.2 Å². The molecule has 0 atom stereocenters.